The Hall–Kier alpha value is -2.20. The van der Waals surface area contributed by atoms with Gasteiger partial charge in [-0.2, -0.15) is 5.10 Å². The summed E-state index contributed by atoms with van der Waals surface area (Å²) < 4.78 is 1.84. The summed E-state index contributed by atoms with van der Waals surface area (Å²) in [6.45, 7) is 7.16. The number of aryl methyl sites for hydroxylation is 1. The summed E-state index contributed by atoms with van der Waals surface area (Å²) in [7, 11) is 0. The van der Waals surface area contributed by atoms with Gasteiger partial charge in [0.05, 0.1) is 6.20 Å². The van der Waals surface area contributed by atoms with E-state index in [0.717, 1.165) is 23.3 Å². The van der Waals surface area contributed by atoms with Crippen molar-refractivity contribution in [3.05, 3.63) is 54.0 Å². The third-order valence-electron chi connectivity index (χ3n) is 3.49. The summed E-state index contributed by atoms with van der Waals surface area (Å²) in [5.74, 6) is 0.881. The van der Waals surface area contributed by atoms with Crippen molar-refractivity contribution >= 4 is 10.8 Å². The Labute approximate surface area is 124 Å². The van der Waals surface area contributed by atoms with Crippen LogP contribution in [0.2, 0.25) is 0 Å². The quantitative estimate of drug-likeness (QED) is 0.798. The minimum absolute atomic E-state index is 0.456. The van der Waals surface area contributed by atoms with Gasteiger partial charge in [-0.25, -0.2) is 9.67 Å². The molecule has 3 rings (SSSR count). The summed E-state index contributed by atoms with van der Waals surface area (Å²) in [6, 6.07) is 8.82. The number of rotatable bonds is 4. The van der Waals surface area contributed by atoms with Crippen LogP contribution in [-0.4, -0.2) is 20.8 Å². The number of hydrogen-bond acceptors (Lipinski definition) is 3. The molecule has 0 fully saturated rings. The number of hydrogen-bond donors (Lipinski definition) is 1. The van der Waals surface area contributed by atoms with Crippen LogP contribution in [0.5, 0.6) is 0 Å². The Morgan fingerprint density at radius 1 is 1.14 bits per heavy atom. The highest BCUT2D eigenvalue weighted by molar-refractivity contribution is 5.90. The lowest BCUT2D eigenvalue weighted by atomic mass is 10.1. The van der Waals surface area contributed by atoms with Crippen LogP contribution >= 0.6 is 0 Å². The van der Waals surface area contributed by atoms with Crippen LogP contribution in [0, 0.1) is 6.92 Å². The fourth-order valence-corrected chi connectivity index (χ4v) is 2.40. The lowest BCUT2D eigenvalue weighted by Gasteiger charge is -2.12. The Balaban J connectivity index is 2.10. The Morgan fingerprint density at radius 2 is 1.90 bits per heavy atom. The average molecular weight is 280 g/mol. The summed E-state index contributed by atoms with van der Waals surface area (Å²) in [5.41, 5.74) is 2.35. The molecule has 21 heavy (non-hydrogen) atoms. The van der Waals surface area contributed by atoms with Crippen LogP contribution in [0.4, 0.5) is 0 Å². The number of pyridine rings is 1. The third-order valence-corrected chi connectivity index (χ3v) is 3.49. The lowest BCUT2D eigenvalue weighted by Crippen LogP contribution is -2.22. The molecule has 0 saturated heterocycles. The van der Waals surface area contributed by atoms with E-state index in [4.69, 9.17) is 0 Å². The zero-order valence-corrected chi connectivity index (χ0v) is 12.7. The van der Waals surface area contributed by atoms with Crippen molar-refractivity contribution in [3.63, 3.8) is 0 Å². The second-order valence-corrected chi connectivity index (χ2v) is 5.65. The molecule has 3 aromatic rings. The van der Waals surface area contributed by atoms with Crippen molar-refractivity contribution < 1.29 is 0 Å². The molecule has 108 valence electrons. The molecule has 1 N–H and O–H groups in total. The number of fused-ring (bicyclic) bond motifs is 1. The van der Waals surface area contributed by atoms with E-state index in [1.165, 1.54) is 10.9 Å². The van der Waals surface area contributed by atoms with Crippen molar-refractivity contribution in [2.75, 3.05) is 0 Å². The Kier molecular flexibility index (Phi) is 3.71. The summed E-state index contributed by atoms with van der Waals surface area (Å²) in [5, 5.41) is 10.2. The first kappa shape index (κ1) is 13.8. The van der Waals surface area contributed by atoms with Gasteiger partial charge in [-0.3, -0.25) is 0 Å². The molecule has 4 nitrogen and oxygen atoms in total. The minimum atomic E-state index is 0.456. The Bertz CT molecular complexity index is 758. The molecule has 2 aromatic heterocycles. The smallest absolute Gasteiger partial charge is 0.161 e. The van der Waals surface area contributed by atoms with Gasteiger partial charge in [-0.15, -0.1) is 0 Å². The summed E-state index contributed by atoms with van der Waals surface area (Å²) in [4.78, 5) is 4.63. The van der Waals surface area contributed by atoms with Gasteiger partial charge in [-0.05, 0) is 23.4 Å². The molecule has 0 aliphatic rings. The van der Waals surface area contributed by atoms with Crippen molar-refractivity contribution in [1.29, 1.82) is 0 Å². The lowest BCUT2D eigenvalue weighted by molar-refractivity contribution is 0.590. The van der Waals surface area contributed by atoms with Gasteiger partial charge in [0, 0.05) is 30.4 Å². The standard InChI is InChI=1S/C17H20N4/c1-12(2)18-9-14-10-19-17(21-11-13(3)8-20-21)16-7-5-4-6-15(14)16/h4-8,10-12,18H,9H2,1-3H3. The molecule has 0 spiro atoms. The topological polar surface area (TPSA) is 42.7 Å². The monoisotopic (exact) mass is 280 g/mol. The van der Waals surface area contributed by atoms with Gasteiger partial charge < -0.3 is 5.32 Å². The van der Waals surface area contributed by atoms with E-state index < -0.39 is 0 Å². The fourth-order valence-electron chi connectivity index (χ4n) is 2.40. The zero-order chi connectivity index (χ0) is 14.8. The SMILES string of the molecule is Cc1cnn(-c2ncc(CNC(C)C)c3ccccc23)c1. The summed E-state index contributed by atoms with van der Waals surface area (Å²) in [6.07, 6.45) is 5.80. The van der Waals surface area contributed by atoms with Gasteiger partial charge in [-0.1, -0.05) is 38.1 Å². The van der Waals surface area contributed by atoms with Crippen LogP contribution in [-0.2, 0) is 6.54 Å². The van der Waals surface area contributed by atoms with E-state index in [0.29, 0.717) is 6.04 Å². The Morgan fingerprint density at radius 3 is 2.57 bits per heavy atom. The molecule has 0 amide bonds. The molecular weight excluding hydrogens is 260 g/mol. The van der Waals surface area contributed by atoms with E-state index in [-0.39, 0.29) is 0 Å². The average Bonchev–Trinajstić information content (AvgIpc) is 2.91. The van der Waals surface area contributed by atoms with E-state index in [1.807, 2.05) is 36.3 Å². The van der Waals surface area contributed by atoms with Crippen LogP contribution < -0.4 is 5.32 Å². The number of aromatic nitrogens is 3. The van der Waals surface area contributed by atoms with Crippen molar-refractivity contribution in [2.24, 2.45) is 0 Å². The molecule has 2 heterocycles. The van der Waals surface area contributed by atoms with Gasteiger partial charge in [0.1, 0.15) is 0 Å². The largest absolute Gasteiger partial charge is 0.310 e. The molecule has 0 aliphatic carbocycles. The maximum atomic E-state index is 4.63. The summed E-state index contributed by atoms with van der Waals surface area (Å²) >= 11 is 0. The minimum Gasteiger partial charge on any atom is -0.310 e. The highest BCUT2D eigenvalue weighted by Crippen LogP contribution is 2.23. The number of benzene rings is 1. The molecule has 0 saturated carbocycles. The van der Waals surface area contributed by atoms with Gasteiger partial charge in [0.25, 0.3) is 0 Å². The first-order valence-electron chi connectivity index (χ1n) is 7.27. The first-order valence-corrected chi connectivity index (χ1v) is 7.27. The zero-order valence-electron chi connectivity index (χ0n) is 12.7. The van der Waals surface area contributed by atoms with Crippen molar-refractivity contribution in [2.45, 2.75) is 33.4 Å². The van der Waals surface area contributed by atoms with Crippen LogP contribution in [0.15, 0.2) is 42.9 Å². The van der Waals surface area contributed by atoms with Crippen molar-refractivity contribution in [3.8, 4) is 5.82 Å². The van der Waals surface area contributed by atoms with Gasteiger partial charge in [0.15, 0.2) is 5.82 Å². The third kappa shape index (κ3) is 2.81. The maximum Gasteiger partial charge on any atom is 0.161 e. The van der Waals surface area contributed by atoms with E-state index in [9.17, 15) is 0 Å². The van der Waals surface area contributed by atoms with Crippen molar-refractivity contribution in [1.82, 2.24) is 20.1 Å². The fraction of sp³-hybridized carbons (Fsp3) is 0.294. The molecule has 0 radical (unpaired) electrons. The second kappa shape index (κ2) is 5.66. The highest BCUT2D eigenvalue weighted by Gasteiger charge is 2.09. The molecule has 0 unspecified atom stereocenters. The molecule has 0 atom stereocenters. The molecule has 0 bridgehead atoms. The van der Waals surface area contributed by atoms with Crippen LogP contribution in [0.3, 0.4) is 0 Å². The van der Waals surface area contributed by atoms with E-state index in [1.54, 1.807) is 0 Å². The van der Waals surface area contributed by atoms with Crippen LogP contribution in [0.25, 0.3) is 16.6 Å². The molecule has 1 aromatic carbocycles. The molecular formula is C17H20N4. The van der Waals surface area contributed by atoms with Gasteiger partial charge in [0.2, 0.25) is 0 Å². The van der Waals surface area contributed by atoms with E-state index in [2.05, 4.69) is 47.4 Å². The van der Waals surface area contributed by atoms with Gasteiger partial charge >= 0.3 is 0 Å². The van der Waals surface area contributed by atoms with E-state index >= 15 is 0 Å². The predicted octanol–water partition coefficient (Wildman–Crippen LogP) is 3.23. The maximum absolute atomic E-state index is 4.63. The number of nitrogens with zero attached hydrogens (tertiary/aromatic N) is 3. The number of nitrogens with one attached hydrogen (secondary N) is 1. The second-order valence-electron chi connectivity index (χ2n) is 5.65. The normalized spacial score (nSPS) is 11.4. The van der Waals surface area contributed by atoms with Crippen LogP contribution in [0.1, 0.15) is 25.0 Å². The predicted molar refractivity (Wildman–Crippen MR) is 85.6 cm³/mol. The molecule has 4 heteroatoms. The molecule has 0 aliphatic heterocycles. The highest BCUT2D eigenvalue weighted by atomic mass is 15.3. The first-order chi connectivity index (χ1) is 10.1.